The predicted octanol–water partition coefficient (Wildman–Crippen LogP) is 3.01. The molecule has 158 valence electrons. The van der Waals surface area contributed by atoms with Crippen molar-refractivity contribution in [3.63, 3.8) is 0 Å². The minimum atomic E-state index is -3.75. The number of thiazole rings is 1. The van der Waals surface area contributed by atoms with E-state index in [1.807, 2.05) is 36.6 Å². The van der Waals surface area contributed by atoms with Crippen LogP contribution in [0, 0.1) is 6.92 Å². The van der Waals surface area contributed by atoms with Crippen molar-refractivity contribution in [3.05, 3.63) is 64.0 Å². The third-order valence-electron chi connectivity index (χ3n) is 4.55. The summed E-state index contributed by atoms with van der Waals surface area (Å²) in [6, 6.07) is 12.4. The summed E-state index contributed by atoms with van der Waals surface area (Å²) in [7, 11) is -1.06. The lowest BCUT2D eigenvalue weighted by Crippen LogP contribution is -2.26. The minimum Gasteiger partial charge on any atom is -0.495 e. The first-order chi connectivity index (χ1) is 14.3. The normalized spacial score (nSPS) is 11.3. The standard InChI is InChI=1S/C21H23N3O4S2/c1-14-24-18(13-29-14)16-6-4-15(5-7-16)10-11-23-21(25)17-8-9-19(28-3)20(12-17)30(26,27)22-2/h4-9,12-13,22H,10-11H2,1-3H3,(H,23,25). The number of hydrogen-bond donors (Lipinski definition) is 2. The van der Waals surface area contributed by atoms with Crippen LogP contribution in [0.2, 0.25) is 0 Å². The van der Waals surface area contributed by atoms with E-state index in [1.165, 1.54) is 32.4 Å². The van der Waals surface area contributed by atoms with Crippen molar-refractivity contribution >= 4 is 27.3 Å². The van der Waals surface area contributed by atoms with Crippen LogP contribution < -0.4 is 14.8 Å². The molecule has 7 nitrogen and oxygen atoms in total. The van der Waals surface area contributed by atoms with Crippen LogP contribution in [-0.4, -0.2) is 40.0 Å². The van der Waals surface area contributed by atoms with Crippen LogP contribution in [0.5, 0.6) is 5.75 Å². The molecule has 0 fully saturated rings. The first kappa shape index (κ1) is 21.9. The van der Waals surface area contributed by atoms with Gasteiger partial charge in [-0.1, -0.05) is 24.3 Å². The number of hydrogen-bond acceptors (Lipinski definition) is 6. The summed E-state index contributed by atoms with van der Waals surface area (Å²) in [6.45, 7) is 2.40. The van der Waals surface area contributed by atoms with Crippen LogP contribution in [-0.2, 0) is 16.4 Å². The van der Waals surface area contributed by atoms with Crippen molar-refractivity contribution in [3.8, 4) is 17.0 Å². The van der Waals surface area contributed by atoms with E-state index in [-0.39, 0.29) is 22.1 Å². The van der Waals surface area contributed by atoms with Gasteiger partial charge >= 0.3 is 0 Å². The Hall–Kier alpha value is -2.75. The van der Waals surface area contributed by atoms with Gasteiger partial charge < -0.3 is 10.1 Å². The first-order valence-electron chi connectivity index (χ1n) is 9.25. The molecule has 0 aliphatic carbocycles. The number of nitrogens with one attached hydrogen (secondary N) is 2. The Labute approximate surface area is 180 Å². The molecule has 2 N–H and O–H groups in total. The van der Waals surface area contributed by atoms with E-state index in [4.69, 9.17) is 4.74 Å². The molecule has 1 aromatic heterocycles. The van der Waals surface area contributed by atoms with Crippen molar-refractivity contribution < 1.29 is 17.9 Å². The molecule has 3 aromatic rings. The summed E-state index contributed by atoms with van der Waals surface area (Å²) in [5.41, 5.74) is 3.35. The molecule has 0 saturated heterocycles. The molecule has 0 saturated carbocycles. The molecule has 3 rings (SSSR count). The molecule has 9 heteroatoms. The molecule has 2 aromatic carbocycles. The number of ether oxygens (including phenoxy) is 1. The number of aromatic nitrogens is 1. The van der Waals surface area contributed by atoms with E-state index in [2.05, 4.69) is 15.0 Å². The van der Waals surface area contributed by atoms with Gasteiger partial charge in [-0.25, -0.2) is 18.1 Å². The zero-order chi connectivity index (χ0) is 21.7. The molecular weight excluding hydrogens is 422 g/mol. The van der Waals surface area contributed by atoms with Crippen LogP contribution in [0.4, 0.5) is 0 Å². The molecule has 0 aliphatic heterocycles. The molecule has 0 spiro atoms. The van der Waals surface area contributed by atoms with E-state index in [9.17, 15) is 13.2 Å². The van der Waals surface area contributed by atoms with Gasteiger partial charge in [0.15, 0.2) is 0 Å². The van der Waals surface area contributed by atoms with Crippen LogP contribution in [0.3, 0.4) is 0 Å². The fourth-order valence-corrected chi connectivity index (χ4v) is 4.44. The van der Waals surface area contributed by atoms with Gasteiger partial charge in [0.1, 0.15) is 10.6 Å². The monoisotopic (exact) mass is 445 g/mol. The van der Waals surface area contributed by atoms with Gasteiger partial charge in [-0.05, 0) is 44.2 Å². The number of rotatable bonds is 8. The van der Waals surface area contributed by atoms with E-state index < -0.39 is 10.0 Å². The summed E-state index contributed by atoms with van der Waals surface area (Å²) < 4.78 is 31.7. The molecule has 0 unspecified atom stereocenters. The highest BCUT2D eigenvalue weighted by Gasteiger charge is 2.20. The molecule has 30 heavy (non-hydrogen) atoms. The number of carbonyl (C=O) groups excluding carboxylic acids is 1. The van der Waals surface area contributed by atoms with Gasteiger partial charge in [0.05, 0.1) is 17.8 Å². The van der Waals surface area contributed by atoms with Crippen molar-refractivity contribution in [1.29, 1.82) is 0 Å². The summed E-state index contributed by atoms with van der Waals surface area (Å²) >= 11 is 1.62. The highest BCUT2D eigenvalue weighted by molar-refractivity contribution is 7.89. The number of benzene rings is 2. The minimum absolute atomic E-state index is 0.0759. The number of methoxy groups -OCH3 is 1. The van der Waals surface area contributed by atoms with Crippen molar-refractivity contribution in [2.24, 2.45) is 0 Å². The number of amides is 1. The largest absolute Gasteiger partial charge is 0.495 e. The lowest BCUT2D eigenvalue weighted by Gasteiger charge is -2.11. The van der Waals surface area contributed by atoms with E-state index in [0.29, 0.717) is 13.0 Å². The molecule has 0 aliphatic rings. The Kier molecular flexibility index (Phi) is 6.86. The van der Waals surface area contributed by atoms with Gasteiger partial charge in [-0.2, -0.15) is 0 Å². The summed E-state index contributed by atoms with van der Waals surface area (Å²) in [5, 5.41) is 5.88. The van der Waals surface area contributed by atoms with Gasteiger partial charge in [0.2, 0.25) is 10.0 Å². The second-order valence-corrected chi connectivity index (χ2v) is 9.44. The molecule has 0 atom stereocenters. The Morgan fingerprint density at radius 2 is 1.90 bits per heavy atom. The molecule has 0 radical (unpaired) electrons. The van der Waals surface area contributed by atoms with E-state index >= 15 is 0 Å². The van der Waals surface area contributed by atoms with E-state index in [1.54, 1.807) is 11.3 Å². The van der Waals surface area contributed by atoms with Gasteiger partial charge in [-0.3, -0.25) is 4.79 Å². The fourth-order valence-electron chi connectivity index (χ4n) is 2.90. The highest BCUT2D eigenvalue weighted by Crippen LogP contribution is 2.25. The lowest BCUT2D eigenvalue weighted by atomic mass is 10.1. The smallest absolute Gasteiger partial charge is 0.251 e. The molecule has 1 heterocycles. The SMILES string of the molecule is CNS(=O)(=O)c1cc(C(=O)NCCc2ccc(-c3csc(C)n3)cc2)ccc1OC. The summed E-state index contributed by atoms with van der Waals surface area (Å²) in [6.07, 6.45) is 0.653. The van der Waals surface area contributed by atoms with Gasteiger partial charge in [0, 0.05) is 23.1 Å². The van der Waals surface area contributed by atoms with Crippen LogP contribution >= 0.6 is 11.3 Å². The fraction of sp³-hybridized carbons (Fsp3) is 0.238. The zero-order valence-electron chi connectivity index (χ0n) is 16.9. The van der Waals surface area contributed by atoms with Crippen LogP contribution in [0.1, 0.15) is 20.9 Å². The van der Waals surface area contributed by atoms with Crippen molar-refractivity contribution in [2.75, 3.05) is 20.7 Å². The average molecular weight is 446 g/mol. The number of carbonyl (C=O) groups is 1. The maximum absolute atomic E-state index is 12.5. The summed E-state index contributed by atoms with van der Waals surface area (Å²) in [5.74, 6) is -0.170. The summed E-state index contributed by atoms with van der Waals surface area (Å²) in [4.78, 5) is 16.9. The Morgan fingerprint density at radius 1 is 1.17 bits per heavy atom. The number of nitrogens with zero attached hydrogens (tertiary/aromatic N) is 1. The van der Waals surface area contributed by atoms with E-state index in [0.717, 1.165) is 21.8 Å². The Bertz CT molecular complexity index is 1140. The van der Waals surface area contributed by atoms with Crippen LogP contribution in [0.25, 0.3) is 11.3 Å². The Balaban J connectivity index is 1.63. The predicted molar refractivity (Wildman–Crippen MR) is 118 cm³/mol. The quantitative estimate of drug-likeness (QED) is 0.556. The second-order valence-electron chi connectivity index (χ2n) is 6.53. The Morgan fingerprint density at radius 3 is 2.50 bits per heavy atom. The van der Waals surface area contributed by atoms with Gasteiger partial charge in [0.25, 0.3) is 5.91 Å². The maximum atomic E-state index is 12.5. The maximum Gasteiger partial charge on any atom is 0.251 e. The third-order valence-corrected chi connectivity index (χ3v) is 6.76. The van der Waals surface area contributed by atoms with Crippen molar-refractivity contribution in [1.82, 2.24) is 15.0 Å². The second kappa shape index (κ2) is 9.38. The third kappa shape index (κ3) is 5.05. The van der Waals surface area contributed by atoms with Crippen molar-refractivity contribution in [2.45, 2.75) is 18.2 Å². The molecule has 1 amide bonds. The number of aryl methyl sites for hydroxylation is 1. The molecule has 0 bridgehead atoms. The zero-order valence-corrected chi connectivity index (χ0v) is 18.6. The van der Waals surface area contributed by atoms with Crippen LogP contribution in [0.15, 0.2) is 52.7 Å². The number of sulfonamides is 1. The molecular formula is C21H23N3O4S2. The van der Waals surface area contributed by atoms with Gasteiger partial charge in [-0.15, -0.1) is 11.3 Å². The topological polar surface area (TPSA) is 97.4 Å². The average Bonchev–Trinajstić information content (AvgIpc) is 3.20. The first-order valence-corrected chi connectivity index (χ1v) is 11.6. The highest BCUT2D eigenvalue weighted by atomic mass is 32.2. The lowest BCUT2D eigenvalue weighted by molar-refractivity contribution is 0.0954.